The fraction of sp³-hybridized carbons (Fsp3) is 0.550. The van der Waals surface area contributed by atoms with Crippen LogP contribution >= 0.6 is 11.6 Å². The van der Waals surface area contributed by atoms with Crippen molar-refractivity contribution in [1.82, 2.24) is 5.32 Å². The molecule has 0 saturated heterocycles. The highest BCUT2D eigenvalue weighted by Gasteiger charge is 2.44. The predicted molar refractivity (Wildman–Crippen MR) is 100 cm³/mol. The Morgan fingerprint density at radius 2 is 1.69 bits per heavy atom. The SMILES string of the molecule is CC(C)(C)NC(=O)CC1(C(=O)OCC(=O)c2ccc(Cl)cc2)CCCC1. The maximum Gasteiger partial charge on any atom is 0.313 e. The van der Waals surface area contributed by atoms with Crippen LogP contribution in [-0.2, 0) is 14.3 Å². The zero-order valence-electron chi connectivity index (χ0n) is 15.6. The first-order chi connectivity index (χ1) is 12.1. The fourth-order valence-electron chi connectivity index (χ4n) is 3.28. The van der Waals surface area contributed by atoms with Crippen LogP contribution in [0.25, 0.3) is 0 Å². The molecule has 2 rings (SSSR count). The third kappa shape index (κ3) is 5.56. The molecule has 26 heavy (non-hydrogen) atoms. The Hall–Kier alpha value is -1.88. The number of esters is 1. The van der Waals surface area contributed by atoms with Crippen molar-refractivity contribution in [2.45, 2.75) is 58.4 Å². The van der Waals surface area contributed by atoms with Crippen molar-refractivity contribution in [2.24, 2.45) is 5.41 Å². The molecular weight excluding hydrogens is 354 g/mol. The molecule has 0 heterocycles. The Kier molecular flexibility index (Phi) is 6.45. The van der Waals surface area contributed by atoms with E-state index in [1.54, 1.807) is 24.3 Å². The number of ketones is 1. The van der Waals surface area contributed by atoms with Gasteiger partial charge in [0.1, 0.15) is 0 Å². The van der Waals surface area contributed by atoms with Gasteiger partial charge >= 0.3 is 5.97 Å². The molecule has 1 saturated carbocycles. The summed E-state index contributed by atoms with van der Waals surface area (Å²) in [6, 6.07) is 6.43. The smallest absolute Gasteiger partial charge is 0.313 e. The molecule has 1 aromatic rings. The van der Waals surface area contributed by atoms with E-state index in [2.05, 4.69) is 5.32 Å². The van der Waals surface area contributed by atoms with E-state index in [1.807, 2.05) is 20.8 Å². The molecule has 1 aliphatic carbocycles. The molecule has 1 aromatic carbocycles. The van der Waals surface area contributed by atoms with E-state index in [9.17, 15) is 14.4 Å². The van der Waals surface area contributed by atoms with Gasteiger partial charge in [-0.05, 0) is 57.9 Å². The Morgan fingerprint density at radius 1 is 1.12 bits per heavy atom. The maximum absolute atomic E-state index is 12.7. The van der Waals surface area contributed by atoms with E-state index in [0.717, 1.165) is 12.8 Å². The lowest BCUT2D eigenvalue weighted by atomic mass is 9.82. The molecule has 0 aliphatic heterocycles. The number of ether oxygens (including phenoxy) is 1. The number of hydrogen-bond acceptors (Lipinski definition) is 4. The molecule has 1 aliphatic rings. The first-order valence-electron chi connectivity index (χ1n) is 8.88. The van der Waals surface area contributed by atoms with E-state index in [-0.39, 0.29) is 30.3 Å². The summed E-state index contributed by atoms with van der Waals surface area (Å²) in [5.41, 5.74) is -0.742. The standard InChI is InChI=1S/C20H26ClNO4/c1-19(2,3)22-17(24)12-20(10-4-5-11-20)18(25)26-13-16(23)14-6-8-15(21)9-7-14/h6-9H,4-5,10-13H2,1-3H3,(H,22,24). The van der Waals surface area contributed by atoms with Crippen molar-refractivity contribution in [3.63, 3.8) is 0 Å². The predicted octanol–water partition coefficient (Wildman–Crippen LogP) is 3.93. The summed E-state index contributed by atoms with van der Waals surface area (Å²) in [7, 11) is 0. The summed E-state index contributed by atoms with van der Waals surface area (Å²) >= 11 is 5.81. The van der Waals surface area contributed by atoms with Crippen molar-refractivity contribution in [2.75, 3.05) is 6.61 Å². The second-order valence-corrected chi connectivity index (χ2v) is 8.41. The number of rotatable bonds is 6. The highest BCUT2D eigenvalue weighted by atomic mass is 35.5. The zero-order chi connectivity index (χ0) is 19.4. The van der Waals surface area contributed by atoms with Gasteiger partial charge in [0.15, 0.2) is 12.4 Å². The number of Topliss-reactive ketones (excluding diaryl/α,β-unsaturated/α-hetero) is 1. The highest BCUT2D eigenvalue weighted by Crippen LogP contribution is 2.42. The first kappa shape index (κ1) is 20.4. The van der Waals surface area contributed by atoms with Gasteiger partial charge in [-0.1, -0.05) is 24.4 Å². The molecule has 1 N–H and O–H groups in total. The van der Waals surface area contributed by atoms with E-state index >= 15 is 0 Å². The van der Waals surface area contributed by atoms with Crippen LogP contribution < -0.4 is 5.32 Å². The van der Waals surface area contributed by atoms with Crippen LogP contribution in [-0.4, -0.2) is 29.8 Å². The van der Waals surface area contributed by atoms with Crippen LogP contribution in [0.4, 0.5) is 0 Å². The quantitative estimate of drug-likeness (QED) is 0.600. The molecule has 0 atom stereocenters. The lowest BCUT2D eigenvalue weighted by Gasteiger charge is -2.28. The Balaban J connectivity index is 1.98. The van der Waals surface area contributed by atoms with Crippen molar-refractivity contribution >= 4 is 29.3 Å². The molecule has 1 amide bonds. The molecule has 0 unspecified atom stereocenters. The normalized spacial score (nSPS) is 16.2. The molecule has 0 aromatic heterocycles. The van der Waals surface area contributed by atoms with Crippen molar-refractivity contribution in [3.8, 4) is 0 Å². The second kappa shape index (κ2) is 8.21. The summed E-state index contributed by atoms with van der Waals surface area (Å²) in [5, 5.41) is 3.43. The molecule has 0 radical (unpaired) electrons. The number of halogens is 1. The number of carbonyl (C=O) groups is 3. The number of hydrogen-bond donors (Lipinski definition) is 1. The van der Waals surface area contributed by atoms with Crippen LogP contribution in [0.1, 0.15) is 63.2 Å². The van der Waals surface area contributed by atoms with Gasteiger partial charge in [-0.2, -0.15) is 0 Å². The Labute approximate surface area is 159 Å². The average molecular weight is 380 g/mol. The van der Waals surface area contributed by atoms with Gasteiger partial charge in [0.25, 0.3) is 0 Å². The molecular formula is C20H26ClNO4. The maximum atomic E-state index is 12.7. The summed E-state index contributed by atoms with van der Waals surface area (Å²) in [6.07, 6.45) is 3.07. The van der Waals surface area contributed by atoms with Crippen LogP contribution in [0.3, 0.4) is 0 Å². The molecule has 6 heteroatoms. The molecule has 142 valence electrons. The molecule has 1 fully saturated rings. The number of nitrogens with one attached hydrogen (secondary N) is 1. The van der Waals surface area contributed by atoms with Crippen LogP contribution in [0.15, 0.2) is 24.3 Å². The summed E-state index contributed by atoms with van der Waals surface area (Å²) < 4.78 is 5.31. The van der Waals surface area contributed by atoms with Crippen molar-refractivity contribution in [3.05, 3.63) is 34.9 Å². The minimum atomic E-state index is -0.824. The van der Waals surface area contributed by atoms with Gasteiger partial charge in [0.05, 0.1) is 5.41 Å². The Morgan fingerprint density at radius 3 is 2.23 bits per heavy atom. The second-order valence-electron chi connectivity index (χ2n) is 7.97. The van der Waals surface area contributed by atoms with Gasteiger partial charge < -0.3 is 10.1 Å². The largest absolute Gasteiger partial charge is 0.457 e. The lowest BCUT2D eigenvalue weighted by molar-refractivity contribution is -0.157. The van der Waals surface area contributed by atoms with Crippen molar-refractivity contribution in [1.29, 1.82) is 0 Å². The van der Waals surface area contributed by atoms with E-state index in [0.29, 0.717) is 23.4 Å². The van der Waals surface area contributed by atoms with Crippen LogP contribution in [0, 0.1) is 5.41 Å². The van der Waals surface area contributed by atoms with Crippen LogP contribution in [0.5, 0.6) is 0 Å². The average Bonchev–Trinajstić information content (AvgIpc) is 3.00. The fourth-order valence-corrected chi connectivity index (χ4v) is 3.40. The first-order valence-corrected chi connectivity index (χ1v) is 9.26. The van der Waals surface area contributed by atoms with Gasteiger partial charge in [-0.3, -0.25) is 14.4 Å². The van der Waals surface area contributed by atoms with E-state index in [4.69, 9.17) is 16.3 Å². The molecule has 0 spiro atoms. The van der Waals surface area contributed by atoms with E-state index in [1.165, 1.54) is 0 Å². The molecule has 5 nitrogen and oxygen atoms in total. The number of carbonyl (C=O) groups excluding carboxylic acids is 3. The zero-order valence-corrected chi connectivity index (χ0v) is 16.3. The summed E-state index contributed by atoms with van der Waals surface area (Å²) in [5.74, 6) is -0.913. The van der Waals surface area contributed by atoms with Crippen molar-refractivity contribution < 1.29 is 19.1 Å². The monoisotopic (exact) mass is 379 g/mol. The van der Waals surface area contributed by atoms with Crippen LogP contribution in [0.2, 0.25) is 5.02 Å². The lowest BCUT2D eigenvalue weighted by Crippen LogP contribution is -2.44. The third-order valence-electron chi connectivity index (χ3n) is 4.51. The minimum Gasteiger partial charge on any atom is -0.457 e. The highest BCUT2D eigenvalue weighted by molar-refractivity contribution is 6.30. The van der Waals surface area contributed by atoms with E-state index < -0.39 is 11.4 Å². The number of benzene rings is 1. The van der Waals surface area contributed by atoms with Gasteiger partial charge in [-0.15, -0.1) is 0 Å². The molecule has 0 bridgehead atoms. The minimum absolute atomic E-state index is 0.0955. The van der Waals surface area contributed by atoms with Gasteiger partial charge in [-0.25, -0.2) is 0 Å². The number of amides is 1. The summed E-state index contributed by atoms with van der Waals surface area (Å²) in [6.45, 7) is 5.36. The summed E-state index contributed by atoms with van der Waals surface area (Å²) in [4.78, 5) is 37.2. The van der Waals surface area contributed by atoms with Gasteiger partial charge in [0, 0.05) is 22.5 Å². The topological polar surface area (TPSA) is 72.5 Å². The third-order valence-corrected chi connectivity index (χ3v) is 4.76. The Bertz CT molecular complexity index is 670. The van der Waals surface area contributed by atoms with Gasteiger partial charge in [0.2, 0.25) is 5.91 Å².